The van der Waals surface area contributed by atoms with Crippen LogP contribution < -0.4 is 20.7 Å². The molecular formula is C31H36F2N8O5S2. The number of nitrogens with one attached hydrogen (secondary N) is 1. The third-order valence-electron chi connectivity index (χ3n) is 10.5. The number of nitrogen functional groups attached to an aromatic ring is 1. The highest BCUT2D eigenvalue weighted by molar-refractivity contribution is 7.89. The number of nitrogens with zero attached hydrogens (tertiary/aromatic N) is 6. The van der Waals surface area contributed by atoms with Crippen molar-refractivity contribution in [2.75, 3.05) is 76.4 Å². The van der Waals surface area contributed by atoms with Crippen molar-refractivity contribution in [1.82, 2.24) is 29.5 Å². The zero-order valence-corrected chi connectivity index (χ0v) is 27.7. The molecule has 48 heavy (non-hydrogen) atoms. The molecule has 0 radical (unpaired) electrons. The van der Waals surface area contributed by atoms with Crippen LogP contribution in [0.5, 0.6) is 6.01 Å². The van der Waals surface area contributed by atoms with Crippen LogP contribution in [-0.4, -0.2) is 122 Å². The summed E-state index contributed by atoms with van der Waals surface area (Å²) in [5.74, 6) is -0.269. The highest BCUT2D eigenvalue weighted by Gasteiger charge is 2.50. The monoisotopic (exact) mass is 702 g/mol. The minimum Gasteiger partial charge on any atom is -0.461 e. The normalized spacial score (nSPS) is 29.9. The van der Waals surface area contributed by atoms with Crippen molar-refractivity contribution in [3.63, 3.8) is 0 Å². The topological polar surface area (TPSA) is 148 Å². The van der Waals surface area contributed by atoms with Gasteiger partial charge in [-0.2, -0.15) is 9.97 Å². The average Bonchev–Trinajstić information content (AvgIpc) is 3.69. The maximum absolute atomic E-state index is 15.0. The van der Waals surface area contributed by atoms with E-state index < -0.39 is 27.6 Å². The molecule has 4 atom stereocenters. The van der Waals surface area contributed by atoms with Gasteiger partial charge >= 0.3 is 6.01 Å². The van der Waals surface area contributed by atoms with Gasteiger partial charge in [0, 0.05) is 44.1 Å². The summed E-state index contributed by atoms with van der Waals surface area (Å²) >= 11 is 1.01. The summed E-state index contributed by atoms with van der Waals surface area (Å²) in [6.07, 6.45) is 2.91. The van der Waals surface area contributed by atoms with Gasteiger partial charge in [-0.1, -0.05) is 11.3 Å². The van der Waals surface area contributed by atoms with Gasteiger partial charge in [-0.05, 0) is 37.6 Å². The number of anilines is 2. The molecule has 256 valence electrons. The summed E-state index contributed by atoms with van der Waals surface area (Å²) in [6.45, 7) is 4.34. The van der Waals surface area contributed by atoms with Gasteiger partial charge in [-0.15, -0.1) is 0 Å². The number of benzene rings is 1. The molecule has 0 saturated carbocycles. The number of ether oxygens (including phenoxy) is 3. The van der Waals surface area contributed by atoms with E-state index in [4.69, 9.17) is 29.9 Å². The summed E-state index contributed by atoms with van der Waals surface area (Å²) in [5, 5.41) is 3.60. The van der Waals surface area contributed by atoms with Gasteiger partial charge in [0.1, 0.15) is 18.6 Å². The van der Waals surface area contributed by atoms with E-state index in [1.165, 1.54) is 16.4 Å². The Morgan fingerprint density at radius 3 is 2.69 bits per heavy atom. The fourth-order valence-electron chi connectivity index (χ4n) is 8.22. The quantitative estimate of drug-likeness (QED) is 0.372. The minimum atomic E-state index is -4.29. The molecule has 2 bridgehead atoms. The van der Waals surface area contributed by atoms with Crippen molar-refractivity contribution in [1.29, 1.82) is 0 Å². The van der Waals surface area contributed by atoms with Gasteiger partial charge in [-0.25, -0.2) is 22.2 Å². The Balaban J connectivity index is 1.22. The van der Waals surface area contributed by atoms with E-state index in [-0.39, 0.29) is 68.9 Å². The highest BCUT2D eigenvalue weighted by atomic mass is 32.2. The number of nitrogens with two attached hydrogens (primary N) is 1. The van der Waals surface area contributed by atoms with E-state index in [2.05, 4.69) is 15.2 Å². The molecular weight excluding hydrogens is 667 g/mol. The molecule has 6 aliphatic rings. The Bertz CT molecular complexity index is 1900. The van der Waals surface area contributed by atoms with Crippen molar-refractivity contribution in [3.05, 3.63) is 29.2 Å². The first kappa shape index (κ1) is 30.8. The van der Waals surface area contributed by atoms with Gasteiger partial charge in [0.15, 0.2) is 15.8 Å². The molecule has 0 amide bonds. The molecule has 0 aliphatic carbocycles. The zero-order valence-electron chi connectivity index (χ0n) is 26.1. The number of aromatic nitrogens is 3. The summed E-state index contributed by atoms with van der Waals surface area (Å²) in [5.41, 5.74) is 6.74. The van der Waals surface area contributed by atoms with Crippen LogP contribution in [0.15, 0.2) is 17.0 Å². The lowest BCUT2D eigenvalue weighted by atomic mass is 9.95. The van der Waals surface area contributed by atoms with Crippen LogP contribution in [0, 0.1) is 11.7 Å². The molecule has 9 rings (SSSR count). The lowest BCUT2D eigenvalue weighted by Gasteiger charge is -2.47. The Morgan fingerprint density at radius 2 is 1.92 bits per heavy atom. The lowest BCUT2D eigenvalue weighted by Crippen LogP contribution is -2.64. The molecule has 5 saturated heterocycles. The average molecular weight is 703 g/mol. The maximum Gasteiger partial charge on any atom is 0.319 e. The standard InChI is InChI=1S/C31H36F2N8O5S2/c32-18-7-31(4-1-5-39(31)11-18)16-46-30-36-23-6-24(21-2-3-22(33)26-25(21)37-29(34)47-26)40(10-17-12-44-13-17)48(42,43)27(23)28(38-30)41-19-8-35-9-20(41)15-45-14-19/h2-3,6,17-20,35H,1,4-5,7-16H2,(H2,34,37)/t18-,19?,20?,31+/m1/s1. The SMILES string of the molecule is Nc1nc2c(C3=Cc4nc(OC[C@@]56CCCN5C[C@H](F)C6)nc(N5C6CNCC5COC6)c4S(=O)(=O)N3CC3COC3)ccc(F)c2s1. The number of fused-ring (bicyclic) bond motifs is 5. The Morgan fingerprint density at radius 1 is 1.12 bits per heavy atom. The van der Waals surface area contributed by atoms with E-state index in [9.17, 15) is 8.78 Å². The zero-order chi connectivity index (χ0) is 32.8. The predicted molar refractivity (Wildman–Crippen MR) is 174 cm³/mol. The summed E-state index contributed by atoms with van der Waals surface area (Å²) in [7, 11) is -4.29. The fraction of sp³-hybridized carbons (Fsp3) is 0.581. The Labute approximate surface area is 280 Å². The number of rotatable bonds is 7. The van der Waals surface area contributed by atoms with E-state index in [1.807, 2.05) is 4.90 Å². The molecule has 8 heterocycles. The number of piperazine rings is 1. The van der Waals surface area contributed by atoms with Crippen LogP contribution in [-0.2, 0) is 19.5 Å². The summed E-state index contributed by atoms with van der Waals surface area (Å²) in [6, 6.07) is 2.53. The molecule has 1 aromatic carbocycles. The third kappa shape index (κ3) is 4.87. The second-order valence-corrected chi connectivity index (χ2v) is 16.4. The van der Waals surface area contributed by atoms with Crippen LogP contribution in [0.3, 0.4) is 0 Å². The van der Waals surface area contributed by atoms with Gasteiger partial charge in [0.25, 0.3) is 10.0 Å². The first-order chi connectivity index (χ1) is 23.2. The molecule has 0 spiro atoms. The smallest absolute Gasteiger partial charge is 0.319 e. The van der Waals surface area contributed by atoms with Gasteiger partial charge in [-0.3, -0.25) is 9.21 Å². The van der Waals surface area contributed by atoms with Crippen LogP contribution in [0.25, 0.3) is 22.0 Å². The van der Waals surface area contributed by atoms with Crippen molar-refractivity contribution in [2.24, 2.45) is 5.92 Å². The molecule has 17 heteroatoms. The number of hydrogen-bond donors (Lipinski definition) is 2. The van der Waals surface area contributed by atoms with Crippen LogP contribution in [0.1, 0.15) is 30.5 Å². The number of morpholine rings is 1. The van der Waals surface area contributed by atoms with E-state index >= 15 is 8.42 Å². The van der Waals surface area contributed by atoms with Gasteiger partial charge < -0.3 is 30.2 Å². The molecule has 2 aromatic heterocycles. The molecule has 3 N–H and O–H groups in total. The first-order valence-corrected chi connectivity index (χ1v) is 18.6. The molecule has 13 nitrogen and oxygen atoms in total. The van der Waals surface area contributed by atoms with Crippen LogP contribution in [0.2, 0.25) is 0 Å². The van der Waals surface area contributed by atoms with Crippen LogP contribution in [0.4, 0.5) is 19.7 Å². The number of hydrogen-bond acceptors (Lipinski definition) is 13. The number of halogens is 2. The van der Waals surface area contributed by atoms with Crippen molar-refractivity contribution in [3.8, 4) is 6.01 Å². The largest absolute Gasteiger partial charge is 0.461 e. The third-order valence-corrected chi connectivity index (χ3v) is 13.2. The predicted octanol–water partition coefficient (Wildman–Crippen LogP) is 2.09. The molecule has 6 aliphatic heterocycles. The van der Waals surface area contributed by atoms with E-state index in [1.54, 1.807) is 6.08 Å². The summed E-state index contributed by atoms with van der Waals surface area (Å²) < 4.78 is 78.8. The van der Waals surface area contributed by atoms with Crippen molar-refractivity contribution in [2.45, 2.75) is 48.0 Å². The molecule has 3 aromatic rings. The number of thiazole rings is 1. The highest BCUT2D eigenvalue weighted by Crippen LogP contribution is 2.45. The van der Waals surface area contributed by atoms with E-state index in [0.29, 0.717) is 63.7 Å². The Kier molecular flexibility index (Phi) is 7.33. The van der Waals surface area contributed by atoms with Crippen molar-refractivity contribution >= 4 is 54.3 Å². The minimum absolute atomic E-state index is 0.0147. The van der Waals surface area contributed by atoms with E-state index in [0.717, 1.165) is 30.7 Å². The number of sulfonamides is 1. The first-order valence-electron chi connectivity index (χ1n) is 16.4. The van der Waals surface area contributed by atoms with Crippen molar-refractivity contribution < 1.29 is 31.4 Å². The second-order valence-electron chi connectivity index (χ2n) is 13.6. The second kappa shape index (κ2) is 11.4. The lowest BCUT2D eigenvalue weighted by molar-refractivity contribution is -0.0348. The van der Waals surface area contributed by atoms with Gasteiger partial charge in [0.05, 0.1) is 65.7 Å². The Hall–Kier alpha value is -3.22. The van der Waals surface area contributed by atoms with Gasteiger partial charge in [0.2, 0.25) is 0 Å². The maximum atomic E-state index is 15.0. The van der Waals surface area contributed by atoms with Crippen LogP contribution >= 0.6 is 11.3 Å². The molecule has 2 unspecified atom stereocenters. The number of alkyl halides is 1. The summed E-state index contributed by atoms with van der Waals surface area (Å²) in [4.78, 5) is 18.2. The molecule has 5 fully saturated rings. The fourth-order valence-corrected chi connectivity index (χ4v) is 10.8.